The number of carbonyl (C=O) groups excluding carboxylic acids is 1. The Balaban J connectivity index is 2.14. The quantitative estimate of drug-likeness (QED) is 0.558. The van der Waals surface area contributed by atoms with Crippen LogP contribution < -0.4 is 10.6 Å². The third-order valence-corrected chi connectivity index (χ3v) is 3.78. The zero-order chi connectivity index (χ0) is 14.6. The first-order valence-corrected chi connectivity index (χ1v) is 7.15. The molecule has 0 aromatic heterocycles. The maximum atomic E-state index is 12.6. The van der Waals surface area contributed by atoms with Crippen LogP contribution in [0, 0.1) is 0 Å². The Morgan fingerprint density at radius 3 is 3.05 bits per heavy atom. The molecule has 112 valence electrons. The molecule has 7 nitrogen and oxygen atoms in total. The van der Waals surface area contributed by atoms with Crippen LogP contribution in [0.5, 0.6) is 0 Å². The second kappa shape index (κ2) is 6.32. The van der Waals surface area contributed by atoms with E-state index < -0.39 is 11.8 Å². The van der Waals surface area contributed by atoms with Gasteiger partial charge in [0.1, 0.15) is 0 Å². The number of amides is 1. The molecule has 1 amide bonds. The highest BCUT2D eigenvalue weighted by atomic mass is 16.3. The molecule has 0 saturated carbocycles. The molecule has 20 heavy (non-hydrogen) atoms. The van der Waals surface area contributed by atoms with E-state index in [1.807, 2.05) is 11.9 Å². The SMILES string of the molecule is CCCCC12C(=O)NC(NCCCO)N=C1N=CN2C. The summed E-state index contributed by atoms with van der Waals surface area (Å²) in [6.45, 7) is 2.81. The van der Waals surface area contributed by atoms with E-state index in [4.69, 9.17) is 5.11 Å². The second-order valence-electron chi connectivity index (χ2n) is 5.18. The van der Waals surface area contributed by atoms with Gasteiger partial charge in [0, 0.05) is 20.2 Å². The molecule has 0 aromatic carbocycles. The van der Waals surface area contributed by atoms with Crippen molar-refractivity contribution >= 4 is 18.1 Å². The number of hydrogen-bond donors (Lipinski definition) is 3. The number of nitrogens with one attached hydrogen (secondary N) is 2. The minimum Gasteiger partial charge on any atom is -0.396 e. The van der Waals surface area contributed by atoms with Crippen molar-refractivity contribution in [2.24, 2.45) is 9.98 Å². The van der Waals surface area contributed by atoms with Crippen LogP contribution >= 0.6 is 0 Å². The van der Waals surface area contributed by atoms with Crippen molar-refractivity contribution in [3.63, 3.8) is 0 Å². The van der Waals surface area contributed by atoms with E-state index in [0.29, 0.717) is 25.2 Å². The van der Waals surface area contributed by atoms with E-state index in [1.165, 1.54) is 0 Å². The number of hydrogen-bond acceptors (Lipinski definition) is 6. The molecule has 2 atom stereocenters. The fourth-order valence-electron chi connectivity index (χ4n) is 2.55. The number of aliphatic hydroxyl groups is 1. The maximum Gasteiger partial charge on any atom is 0.256 e. The summed E-state index contributed by atoms with van der Waals surface area (Å²) in [5.74, 6) is 0.524. The molecule has 0 aromatic rings. The minimum atomic E-state index is -0.745. The van der Waals surface area contributed by atoms with Gasteiger partial charge in [0.2, 0.25) is 0 Å². The predicted octanol–water partition coefficient (Wildman–Crippen LogP) is -0.327. The lowest BCUT2D eigenvalue weighted by Crippen LogP contribution is -2.65. The van der Waals surface area contributed by atoms with E-state index >= 15 is 0 Å². The zero-order valence-electron chi connectivity index (χ0n) is 12.1. The third kappa shape index (κ3) is 2.55. The second-order valence-corrected chi connectivity index (χ2v) is 5.18. The van der Waals surface area contributed by atoms with Gasteiger partial charge in [0.05, 0.1) is 6.34 Å². The molecule has 2 aliphatic heterocycles. The van der Waals surface area contributed by atoms with Crippen LogP contribution in [-0.2, 0) is 4.79 Å². The first-order valence-electron chi connectivity index (χ1n) is 7.15. The van der Waals surface area contributed by atoms with Crippen LogP contribution in [0.15, 0.2) is 9.98 Å². The fraction of sp³-hybridized carbons (Fsp3) is 0.769. The van der Waals surface area contributed by atoms with Crippen LogP contribution in [0.4, 0.5) is 0 Å². The van der Waals surface area contributed by atoms with Gasteiger partial charge in [-0.2, -0.15) is 0 Å². The summed E-state index contributed by atoms with van der Waals surface area (Å²) in [5, 5.41) is 14.7. The fourth-order valence-corrected chi connectivity index (χ4v) is 2.55. The average Bonchev–Trinajstić information content (AvgIpc) is 2.75. The molecule has 3 N–H and O–H groups in total. The van der Waals surface area contributed by atoms with Gasteiger partial charge in [0.15, 0.2) is 17.7 Å². The van der Waals surface area contributed by atoms with Crippen LogP contribution in [0.25, 0.3) is 0 Å². The van der Waals surface area contributed by atoms with Gasteiger partial charge in [0.25, 0.3) is 5.91 Å². The lowest BCUT2D eigenvalue weighted by atomic mass is 9.88. The number of nitrogens with zero attached hydrogens (tertiary/aromatic N) is 3. The monoisotopic (exact) mass is 281 g/mol. The lowest BCUT2D eigenvalue weighted by Gasteiger charge is -2.38. The standard InChI is InChI=1S/C13H23N5O2/c1-3-4-6-13-10(15-9-18(13)2)16-12(17-11(13)20)14-7-5-8-19/h9,12,14,19H,3-8H2,1-2H3,(H,17,20). The lowest BCUT2D eigenvalue weighted by molar-refractivity contribution is -0.129. The first kappa shape index (κ1) is 14.9. The molecule has 0 aliphatic carbocycles. The molecular formula is C13H23N5O2. The van der Waals surface area contributed by atoms with Gasteiger partial charge >= 0.3 is 0 Å². The van der Waals surface area contributed by atoms with Crippen molar-refractivity contribution < 1.29 is 9.90 Å². The summed E-state index contributed by atoms with van der Waals surface area (Å²) in [5.41, 5.74) is -0.745. The van der Waals surface area contributed by atoms with Crippen LogP contribution in [-0.4, -0.2) is 60.1 Å². The molecular weight excluding hydrogens is 258 g/mol. The summed E-state index contributed by atoms with van der Waals surface area (Å²) in [6, 6.07) is 0. The van der Waals surface area contributed by atoms with Crippen molar-refractivity contribution in [3.05, 3.63) is 0 Å². The van der Waals surface area contributed by atoms with E-state index in [1.54, 1.807) is 6.34 Å². The van der Waals surface area contributed by atoms with E-state index in [0.717, 1.165) is 12.8 Å². The Morgan fingerprint density at radius 2 is 2.35 bits per heavy atom. The van der Waals surface area contributed by atoms with Crippen molar-refractivity contribution in [3.8, 4) is 0 Å². The van der Waals surface area contributed by atoms with Gasteiger partial charge in [-0.15, -0.1) is 0 Å². The Kier molecular flexibility index (Phi) is 4.72. The summed E-state index contributed by atoms with van der Waals surface area (Å²) < 4.78 is 0. The summed E-state index contributed by atoms with van der Waals surface area (Å²) in [6.07, 6.45) is 4.53. The molecule has 2 aliphatic rings. The van der Waals surface area contributed by atoms with Crippen molar-refractivity contribution in [2.75, 3.05) is 20.2 Å². The number of amidine groups is 1. The number of aliphatic imine (C=N–C) groups is 2. The van der Waals surface area contributed by atoms with Gasteiger partial charge in [-0.1, -0.05) is 19.8 Å². The number of unbranched alkanes of at least 4 members (excludes halogenated alkanes) is 1. The largest absolute Gasteiger partial charge is 0.396 e. The Labute approximate surface area is 119 Å². The maximum absolute atomic E-state index is 12.6. The topological polar surface area (TPSA) is 89.3 Å². The molecule has 0 fully saturated rings. The van der Waals surface area contributed by atoms with Crippen LogP contribution in [0.1, 0.15) is 32.6 Å². The predicted molar refractivity (Wildman–Crippen MR) is 77.6 cm³/mol. The van der Waals surface area contributed by atoms with Crippen LogP contribution in [0.3, 0.4) is 0 Å². The smallest absolute Gasteiger partial charge is 0.256 e. The molecule has 2 unspecified atom stereocenters. The van der Waals surface area contributed by atoms with Crippen molar-refractivity contribution in [1.29, 1.82) is 0 Å². The van der Waals surface area contributed by atoms with E-state index in [-0.39, 0.29) is 12.5 Å². The average molecular weight is 281 g/mol. The summed E-state index contributed by atoms with van der Waals surface area (Å²) >= 11 is 0. The molecule has 0 spiro atoms. The van der Waals surface area contributed by atoms with Gasteiger partial charge < -0.3 is 15.3 Å². The third-order valence-electron chi connectivity index (χ3n) is 3.78. The van der Waals surface area contributed by atoms with Crippen molar-refractivity contribution in [2.45, 2.75) is 44.4 Å². The Bertz CT molecular complexity index is 423. The normalized spacial score (nSPS) is 28.4. The highest BCUT2D eigenvalue weighted by molar-refractivity contribution is 6.19. The number of carbonyl (C=O) groups is 1. The molecule has 2 rings (SSSR count). The van der Waals surface area contributed by atoms with Gasteiger partial charge in [-0.25, -0.2) is 9.98 Å². The highest BCUT2D eigenvalue weighted by Crippen LogP contribution is 2.30. The first-order chi connectivity index (χ1) is 9.65. The Morgan fingerprint density at radius 1 is 1.55 bits per heavy atom. The molecule has 0 bridgehead atoms. The van der Waals surface area contributed by atoms with E-state index in [9.17, 15) is 4.79 Å². The van der Waals surface area contributed by atoms with Gasteiger partial charge in [-0.3, -0.25) is 10.1 Å². The number of fused-ring (bicyclic) bond motifs is 1. The van der Waals surface area contributed by atoms with Crippen LogP contribution in [0.2, 0.25) is 0 Å². The number of rotatable bonds is 7. The Hall–Kier alpha value is -1.47. The summed E-state index contributed by atoms with van der Waals surface area (Å²) in [7, 11) is 1.86. The molecule has 0 radical (unpaired) electrons. The molecule has 2 heterocycles. The molecule has 0 saturated heterocycles. The molecule has 7 heteroatoms. The zero-order valence-corrected chi connectivity index (χ0v) is 12.1. The van der Waals surface area contributed by atoms with Gasteiger partial charge in [-0.05, 0) is 12.8 Å². The van der Waals surface area contributed by atoms with Crippen molar-refractivity contribution in [1.82, 2.24) is 15.5 Å². The van der Waals surface area contributed by atoms with E-state index in [2.05, 4.69) is 27.5 Å². The minimum absolute atomic E-state index is 0.0579. The highest BCUT2D eigenvalue weighted by Gasteiger charge is 2.52. The number of aliphatic hydroxyl groups excluding tert-OH is 1. The number of likely N-dealkylation sites (N-methyl/N-ethyl adjacent to an activating group) is 1. The summed E-state index contributed by atoms with van der Waals surface area (Å²) in [4.78, 5) is 23.2.